The second kappa shape index (κ2) is 9.62. The second-order valence-electron chi connectivity index (χ2n) is 6.88. The van der Waals surface area contributed by atoms with Crippen LogP contribution >= 0.6 is 0 Å². The van der Waals surface area contributed by atoms with Crippen LogP contribution in [-0.4, -0.2) is 24.7 Å². The first-order valence-electron chi connectivity index (χ1n) is 7.75. The fourth-order valence-corrected chi connectivity index (χ4v) is 1.63. The molecule has 5 heteroatoms. The normalized spacial score (nSPS) is 15.7. The van der Waals surface area contributed by atoms with E-state index in [2.05, 4.69) is 6.58 Å². The number of ketones is 1. The minimum Gasteiger partial charge on any atom is -0.370 e. The van der Waals surface area contributed by atoms with Crippen LogP contribution in [-0.2, 0) is 9.53 Å². The number of rotatable bonds is 8. The summed E-state index contributed by atoms with van der Waals surface area (Å²) in [5, 5.41) is 0. The minimum absolute atomic E-state index is 0.0341. The van der Waals surface area contributed by atoms with Crippen LogP contribution in [0.5, 0.6) is 0 Å². The molecule has 0 aromatic carbocycles. The van der Waals surface area contributed by atoms with E-state index in [9.17, 15) is 18.0 Å². The highest BCUT2D eigenvalue weighted by Gasteiger charge is 2.30. The van der Waals surface area contributed by atoms with Gasteiger partial charge in [0, 0.05) is 6.42 Å². The molecule has 0 bridgehead atoms. The number of carbonyl (C=O) groups excluding carboxylic acids is 1. The molecule has 0 saturated carbocycles. The Morgan fingerprint density at radius 1 is 1.21 bits per heavy atom. The minimum atomic E-state index is -4.43. The molecule has 0 spiro atoms. The van der Waals surface area contributed by atoms with Gasteiger partial charge in [0.05, 0.1) is 12.2 Å². The van der Waals surface area contributed by atoms with Crippen LogP contribution < -0.4 is 0 Å². The van der Waals surface area contributed by atoms with Gasteiger partial charge < -0.3 is 4.74 Å². The highest BCUT2D eigenvalue weighted by atomic mass is 19.4. The third-order valence-electron chi connectivity index (χ3n) is 2.95. The van der Waals surface area contributed by atoms with Gasteiger partial charge in [-0.25, -0.2) is 0 Å². The lowest BCUT2D eigenvalue weighted by Crippen LogP contribution is -2.26. The lowest BCUT2D eigenvalue weighted by atomic mass is 9.98. The number of Topliss-reactive ketones (excluding diaryl/α,β-unsaturated/α-hetero) is 1. The average Bonchev–Trinajstić information content (AvgIpc) is 2.41. The van der Waals surface area contributed by atoms with E-state index in [4.69, 9.17) is 4.74 Å². The summed E-state index contributed by atoms with van der Waals surface area (Å²) < 4.78 is 43.5. The number of hydrogen-bond donors (Lipinski definition) is 0. The van der Waals surface area contributed by atoms with Crippen molar-refractivity contribution in [1.82, 2.24) is 0 Å². The predicted molar refractivity (Wildman–Crippen MR) is 91.7 cm³/mol. The first-order valence-corrected chi connectivity index (χ1v) is 7.75. The zero-order valence-electron chi connectivity index (χ0n) is 15.0. The maximum absolute atomic E-state index is 12.7. The molecule has 0 saturated heterocycles. The Balaban J connectivity index is 4.70. The number of halogens is 3. The van der Waals surface area contributed by atoms with Crippen LogP contribution in [0, 0.1) is 5.41 Å². The zero-order valence-corrected chi connectivity index (χ0v) is 15.0. The first kappa shape index (κ1) is 22.4. The molecule has 0 fully saturated rings. The van der Waals surface area contributed by atoms with Crippen LogP contribution in [0.25, 0.3) is 0 Å². The van der Waals surface area contributed by atoms with Gasteiger partial charge in [-0.2, -0.15) is 13.2 Å². The molecule has 0 aliphatic rings. The van der Waals surface area contributed by atoms with Gasteiger partial charge in [-0.3, -0.25) is 4.79 Å². The summed E-state index contributed by atoms with van der Waals surface area (Å²) >= 11 is 0. The molecular weight excluding hydrogens is 317 g/mol. The largest absolute Gasteiger partial charge is 0.416 e. The van der Waals surface area contributed by atoms with Crippen molar-refractivity contribution in [2.45, 2.75) is 53.3 Å². The quantitative estimate of drug-likeness (QED) is 0.538. The predicted octanol–water partition coefficient (Wildman–Crippen LogP) is 5.57. The van der Waals surface area contributed by atoms with Crippen LogP contribution in [0.1, 0.15) is 41.0 Å². The lowest BCUT2D eigenvalue weighted by Gasteiger charge is -2.21. The smallest absolute Gasteiger partial charge is 0.370 e. The van der Waals surface area contributed by atoms with Gasteiger partial charge in [0.1, 0.15) is 6.10 Å². The molecule has 2 nitrogen and oxygen atoms in total. The van der Waals surface area contributed by atoms with Gasteiger partial charge in [0.25, 0.3) is 0 Å². The van der Waals surface area contributed by atoms with Crippen LogP contribution in [0.3, 0.4) is 0 Å². The van der Waals surface area contributed by atoms with Gasteiger partial charge in [-0.1, -0.05) is 63.3 Å². The number of carbonyl (C=O) groups is 1. The van der Waals surface area contributed by atoms with Gasteiger partial charge in [-0.05, 0) is 19.3 Å². The molecular formula is C19H27F3O2. The summed E-state index contributed by atoms with van der Waals surface area (Å²) in [5.74, 6) is -0.0981. The topological polar surface area (TPSA) is 26.3 Å². The van der Waals surface area contributed by atoms with Gasteiger partial charge in [0.15, 0.2) is 5.78 Å². The van der Waals surface area contributed by atoms with E-state index in [1.807, 2.05) is 20.8 Å². The third kappa shape index (κ3) is 10.2. The van der Waals surface area contributed by atoms with Crippen molar-refractivity contribution in [1.29, 1.82) is 0 Å². The van der Waals surface area contributed by atoms with Crippen LogP contribution in [0.2, 0.25) is 0 Å². The Morgan fingerprint density at radius 2 is 1.79 bits per heavy atom. The standard InChI is InChI=1S/C19H27F3O2/c1-7-9-16(19(20,21)22)11-8-10-14(2)12-17(23)15(3)24-13-18(4,5)6/h7-11,15H,1,12-13H2,2-6H3/b11-8-,14-10+,16-9+. The summed E-state index contributed by atoms with van der Waals surface area (Å²) in [6, 6.07) is 0. The van der Waals surface area contributed by atoms with E-state index < -0.39 is 17.9 Å². The molecule has 0 aliphatic carbocycles. The molecule has 136 valence electrons. The average molecular weight is 344 g/mol. The van der Waals surface area contributed by atoms with E-state index in [1.54, 1.807) is 13.8 Å². The molecule has 0 amide bonds. The molecule has 0 rings (SSSR count). The molecule has 0 radical (unpaired) electrons. The summed E-state index contributed by atoms with van der Waals surface area (Å²) in [7, 11) is 0. The van der Waals surface area contributed by atoms with Crippen molar-refractivity contribution in [2.24, 2.45) is 5.41 Å². The third-order valence-corrected chi connectivity index (χ3v) is 2.95. The summed E-state index contributed by atoms with van der Waals surface area (Å²) in [4.78, 5) is 12.0. The summed E-state index contributed by atoms with van der Waals surface area (Å²) in [6.07, 6.45) is 0.885. The number of hydrogen-bond acceptors (Lipinski definition) is 2. The molecule has 0 aliphatic heterocycles. The van der Waals surface area contributed by atoms with Crippen molar-refractivity contribution in [3.63, 3.8) is 0 Å². The van der Waals surface area contributed by atoms with Gasteiger partial charge >= 0.3 is 6.18 Å². The van der Waals surface area contributed by atoms with Crippen molar-refractivity contribution in [3.05, 3.63) is 48.1 Å². The van der Waals surface area contributed by atoms with Crippen LogP contribution in [0.4, 0.5) is 13.2 Å². The Hall–Kier alpha value is -1.62. The number of allylic oxidation sites excluding steroid dienone is 7. The highest BCUT2D eigenvalue weighted by Crippen LogP contribution is 2.26. The van der Waals surface area contributed by atoms with E-state index in [-0.39, 0.29) is 17.6 Å². The molecule has 0 N–H and O–H groups in total. The second-order valence-corrected chi connectivity index (χ2v) is 6.88. The number of ether oxygens (including phenoxy) is 1. The Morgan fingerprint density at radius 3 is 2.25 bits per heavy atom. The molecule has 0 aromatic rings. The summed E-state index contributed by atoms with van der Waals surface area (Å²) in [6.45, 7) is 13.1. The maximum Gasteiger partial charge on any atom is 0.416 e. The van der Waals surface area contributed by atoms with Gasteiger partial charge in [0.2, 0.25) is 0 Å². The van der Waals surface area contributed by atoms with E-state index >= 15 is 0 Å². The molecule has 1 unspecified atom stereocenters. The van der Waals surface area contributed by atoms with Gasteiger partial charge in [-0.15, -0.1) is 0 Å². The van der Waals surface area contributed by atoms with Crippen molar-refractivity contribution >= 4 is 5.78 Å². The van der Waals surface area contributed by atoms with Crippen LogP contribution in [0.15, 0.2) is 48.1 Å². The number of alkyl halides is 3. The highest BCUT2D eigenvalue weighted by molar-refractivity contribution is 5.84. The molecule has 0 heterocycles. The van der Waals surface area contributed by atoms with E-state index in [0.29, 0.717) is 12.2 Å². The van der Waals surface area contributed by atoms with Crippen molar-refractivity contribution in [3.8, 4) is 0 Å². The molecule has 24 heavy (non-hydrogen) atoms. The SMILES string of the molecule is C=C\C=C(/C=C\C=C(/C)CC(=O)C(C)OCC(C)(C)C)C(F)(F)F. The zero-order chi connectivity index (χ0) is 19.0. The fraction of sp³-hybridized carbons (Fsp3) is 0.526. The monoisotopic (exact) mass is 344 g/mol. The van der Waals surface area contributed by atoms with Crippen molar-refractivity contribution in [2.75, 3.05) is 6.61 Å². The van der Waals surface area contributed by atoms with E-state index in [0.717, 1.165) is 18.2 Å². The lowest BCUT2D eigenvalue weighted by molar-refractivity contribution is -0.130. The maximum atomic E-state index is 12.7. The Bertz CT molecular complexity index is 518. The summed E-state index contributed by atoms with van der Waals surface area (Å²) in [5.41, 5.74) is -0.162. The molecule has 1 atom stereocenters. The Labute approximate surface area is 142 Å². The first-order chi connectivity index (χ1) is 10.9. The molecule has 0 aromatic heterocycles. The Kier molecular flexibility index (Phi) is 8.97. The van der Waals surface area contributed by atoms with Crippen molar-refractivity contribution < 1.29 is 22.7 Å². The fourth-order valence-electron chi connectivity index (χ4n) is 1.63. The van der Waals surface area contributed by atoms with E-state index in [1.165, 1.54) is 12.2 Å².